The lowest BCUT2D eigenvalue weighted by atomic mass is 9.71. The second-order valence-corrected chi connectivity index (χ2v) is 7.32. The number of alkyl halides is 1. The zero-order chi connectivity index (χ0) is 22.2. The highest BCUT2D eigenvalue weighted by atomic mass is 19.1. The standard InChI is InChI=1S/C22H18F3N5O/c1-30(22(8-15(23)9-22)20-17(25)4-3-7-27-20)21-28-11-14(12-29-21)18-16(24)6-5-13(10-26)19(18)31-2/h3-7,11-12,15H,8-9H2,1-2H3/t15-,22-. The van der Waals surface area contributed by atoms with Gasteiger partial charge in [0.05, 0.1) is 23.8 Å². The number of rotatable bonds is 5. The van der Waals surface area contributed by atoms with Crippen LogP contribution in [0.4, 0.5) is 19.1 Å². The second kappa shape index (κ2) is 7.87. The first-order valence-electron chi connectivity index (χ1n) is 9.49. The molecule has 158 valence electrons. The van der Waals surface area contributed by atoms with Gasteiger partial charge in [-0.15, -0.1) is 0 Å². The zero-order valence-electron chi connectivity index (χ0n) is 16.8. The minimum absolute atomic E-state index is 0.0508. The van der Waals surface area contributed by atoms with Gasteiger partial charge >= 0.3 is 0 Å². The van der Waals surface area contributed by atoms with E-state index in [4.69, 9.17) is 4.74 Å². The first-order valence-corrected chi connectivity index (χ1v) is 9.49. The molecule has 0 N–H and O–H groups in total. The summed E-state index contributed by atoms with van der Waals surface area (Å²) >= 11 is 0. The van der Waals surface area contributed by atoms with Crippen molar-refractivity contribution < 1.29 is 17.9 Å². The molecule has 0 bridgehead atoms. The number of anilines is 1. The summed E-state index contributed by atoms with van der Waals surface area (Å²) in [7, 11) is 2.99. The van der Waals surface area contributed by atoms with Crippen LogP contribution in [0.2, 0.25) is 0 Å². The fourth-order valence-corrected chi connectivity index (χ4v) is 3.97. The van der Waals surface area contributed by atoms with Crippen molar-refractivity contribution in [3.8, 4) is 22.9 Å². The highest BCUT2D eigenvalue weighted by molar-refractivity contribution is 5.73. The fourth-order valence-electron chi connectivity index (χ4n) is 3.97. The third kappa shape index (κ3) is 3.34. The first-order chi connectivity index (χ1) is 14.9. The number of hydrogen-bond acceptors (Lipinski definition) is 6. The Balaban J connectivity index is 1.72. The van der Waals surface area contributed by atoms with Gasteiger partial charge in [0.25, 0.3) is 0 Å². The molecule has 0 unspecified atom stereocenters. The van der Waals surface area contributed by atoms with E-state index in [9.17, 15) is 18.4 Å². The quantitative estimate of drug-likeness (QED) is 0.611. The number of hydrogen-bond donors (Lipinski definition) is 0. The molecule has 31 heavy (non-hydrogen) atoms. The van der Waals surface area contributed by atoms with E-state index in [-0.39, 0.29) is 41.4 Å². The Hall–Kier alpha value is -3.67. The Morgan fingerprint density at radius 3 is 2.42 bits per heavy atom. The van der Waals surface area contributed by atoms with Crippen molar-refractivity contribution >= 4 is 5.95 Å². The second-order valence-electron chi connectivity index (χ2n) is 7.32. The number of aromatic nitrogens is 3. The Morgan fingerprint density at radius 1 is 1.13 bits per heavy atom. The molecule has 1 fully saturated rings. The van der Waals surface area contributed by atoms with Crippen LogP contribution < -0.4 is 9.64 Å². The van der Waals surface area contributed by atoms with Crippen LogP contribution in [0.15, 0.2) is 42.9 Å². The van der Waals surface area contributed by atoms with E-state index in [1.807, 2.05) is 6.07 Å². The predicted octanol–water partition coefficient (Wildman–Crippen LogP) is 4.16. The van der Waals surface area contributed by atoms with Gasteiger partial charge in [-0.25, -0.2) is 23.1 Å². The SMILES string of the molecule is COc1c(C#N)ccc(F)c1-c1cnc(N(C)[C@]2(c3ncccc3F)C[C@@H](F)C2)nc1. The van der Waals surface area contributed by atoms with Crippen LogP contribution >= 0.6 is 0 Å². The van der Waals surface area contributed by atoms with E-state index in [0.717, 1.165) is 0 Å². The number of halogens is 3. The van der Waals surface area contributed by atoms with Crippen LogP contribution in [0.3, 0.4) is 0 Å². The first kappa shape index (κ1) is 20.6. The number of methoxy groups -OCH3 is 1. The number of benzene rings is 1. The minimum atomic E-state index is -1.09. The van der Waals surface area contributed by atoms with Crippen LogP contribution in [0.1, 0.15) is 24.1 Å². The van der Waals surface area contributed by atoms with E-state index in [0.29, 0.717) is 5.56 Å². The summed E-state index contributed by atoms with van der Waals surface area (Å²) in [5.74, 6) is -0.833. The summed E-state index contributed by atoms with van der Waals surface area (Å²) in [6, 6.07) is 7.21. The fraction of sp³-hybridized carbons (Fsp3) is 0.273. The van der Waals surface area contributed by atoms with E-state index >= 15 is 0 Å². The average Bonchev–Trinajstić information content (AvgIpc) is 2.76. The van der Waals surface area contributed by atoms with Crippen LogP contribution in [-0.2, 0) is 5.54 Å². The molecule has 0 radical (unpaired) electrons. The molecule has 1 aliphatic carbocycles. The van der Waals surface area contributed by atoms with Crippen LogP contribution in [0.25, 0.3) is 11.1 Å². The lowest BCUT2D eigenvalue weighted by Gasteiger charge is -2.49. The van der Waals surface area contributed by atoms with Crippen molar-refractivity contribution in [1.82, 2.24) is 15.0 Å². The van der Waals surface area contributed by atoms with Crippen molar-refractivity contribution in [2.75, 3.05) is 19.1 Å². The molecule has 6 nitrogen and oxygen atoms in total. The van der Waals surface area contributed by atoms with Crippen molar-refractivity contribution in [1.29, 1.82) is 5.26 Å². The summed E-state index contributed by atoms with van der Waals surface area (Å²) in [4.78, 5) is 14.3. The van der Waals surface area contributed by atoms with Gasteiger partial charge in [0.2, 0.25) is 5.95 Å². The molecule has 4 rings (SSSR count). The Kier molecular flexibility index (Phi) is 5.23. The molecule has 0 spiro atoms. The number of nitrogens with zero attached hydrogens (tertiary/aromatic N) is 5. The maximum absolute atomic E-state index is 14.5. The zero-order valence-corrected chi connectivity index (χ0v) is 16.8. The van der Waals surface area contributed by atoms with E-state index in [1.165, 1.54) is 50.0 Å². The van der Waals surface area contributed by atoms with Crippen LogP contribution in [-0.4, -0.2) is 35.3 Å². The average molecular weight is 425 g/mol. The minimum Gasteiger partial charge on any atom is -0.495 e. The normalized spacial score (nSPS) is 19.9. The summed E-state index contributed by atoms with van der Waals surface area (Å²) < 4.78 is 48.1. The van der Waals surface area contributed by atoms with Crippen molar-refractivity contribution in [3.63, 3.8) is 0 Å². The molecular formula is C22H18F3N5O. The molecule has 1 saturated carbocycles. The van der Waals surface area contributed by atoms with Gasteiger partial charge in [-0.3, -0.25) is 4.98 Å². The van der Waals surface area contributed by atoms with E-state index in [2.05, 4.69) is 15.0 Å². The smallest absolute Gasteiger partial charge is 0.225 e. The van der Waals surface area contributed by atoms with Crippen LogP contribution in [0, 0.1) is 23.0 Å². The lowest BCUT2D eigenvalue weighted by molar-refractivity contribution is 0.0860. The molecule has 0 atom stereocenters. The summed E-state index contributed by atoms with van der Waals surface area (Å²) in [5, 5.41) is 9.25. The van der Waals surface area contributed by atoms with Crippen molar-refractivity contribution in [2.45, 2.75) is 24.6 Å². The monoisotopic (exact) mass is 425 g/mol. The summed E-state index contributed by atoms with van der Waals surface area (Å²) in [6.45, 7) is 0. The van der Waals surface area contributed by atoms with Crippen LogP contribution in [0.5, 0.6) is 5.75 Å². The van der Waals surface area contributed by atoms with Gasteiger partial charge in [-0.1, -0.05) is 0 Å². The maximum Gasteiger partial charge on any atom is 0.225 e. The van der Waals surface area contributed by atoms with Gasteiger partial charge in [0.15, 0.2) is 0 Å². The van der Waals surface area contributed by atoms with Gasteiger partial charge in [0, 0.05) is 44.0 Å². The molecule has 2 heterocycles. The molecule has 9 heteroatoms. The van der Waals surface area contributed by atoms with Crippen molar-refractivity contribution in [3.05, 3.63) is 65.7 Å². The molecule has 0 amide bonds. The van der Waals surface area contributed by atoms with E-state index < -0.39 is 23.3 Å². The molecule has 2 aromatic heterocycles. The molecular weight excluding hydrogens is 407 g/mol. The van der Waals surface area contributed by atoms with Gasteiger partial charge in [-0.2, -0.15) is 5.26 Å². The predicted molar refractivity (Wildman–Crippen MR) is 107 cm³/mol. The van der Waals surface area contributed by atoms with E-state index in [1.54, 1.807) is 11.9 Å². The molecule has 3 aromatic rings. The Morgan fingerprint density at radius 2 is 1.84 bits per heavy atom. The van der Waals surface area contributed by atoms with Gasteiger partial charge in [-0.05, 0) is 24.3 Å². The highest BCUT2D eigenvalue weighted by Crippen LogP contribution is 2.48. The number of pyridine rings is 1. The van der Waals surface area contributed by atoms with Gasteiger partial charge in [0.1, 0.15) is 35.3 Å². The van der Waals surface area contributed by atoms with Crippen molar-refractivity contribution in [2.24, 2.45) is 0 Å². The number of ether oxygens (including phenoxy) is 1. The third-order valence-electron chi connectivity index (χ3n) is 5.62. The molecule has 0 aliphatic heterocycles. The Bertz CT molecular complexity index is 1160. The molecule has 0 saturated heterocycles. The highest BCUT2D eigenvalue weighted by Gasteiger charge is 2.52. The molecule has 1 aromatic carbocycles. The largest absolute Gasteiger partial charge is 0.495 e. The number of nitriles is 1. The summed E-state index contributed by atoms with van der Waals surface area (Å²) in [6.07, 6.45) is 3.24. The third-order valence-corrected chi connectivity index (χ3v) is 5.62. The Labute approximate surface area is 177 Å². The summed E-state index contributed by atoms with van der Waals surface area (Å²) in [5.41, 5.74) is -0.343. The lowest BCUT2D eigenvalue weighted by Crippen LogP contribution is -2.56. The van der Waals surface area contributed by atoms with Gasteiger partial charge < -0.3 is 9.64 Å². The molecule has 1 aliphatic rings. The maximum atomic E-state index is 14.5. The topological polar surface area (TPSA) is 74.9 Å².